The summed E-state index contributed by atoms with van der Waals surface area (Å²) in [7, 11) is 0. The number of rotatable bonds is 6. The number of nitrogens with one attached hydrogen (secondary N) is 3. The average Bonchev–Trinajstić information content (AvgIpc) is 2.72. The first kappa shape index (κ1) is 24.5. The summed E-state index contributed by atoms with van der Waals surface area (Å²) >= 11 is 4.99. The third kappa shape index (κ3) is 7.84. The maximum atomic E-state index is 12.8. The monoisotopic (exact) mass is 465 g/mol. The van der Waals surface area contributed by atoms with Crippen LogP contribution >= 0.6 is 12.2 Å². The first-order valence-corrected chi connectivity index (χ1v) is 9.55. The molecule has 2 aromatic rings. The first-order valence-electron chi connectivity index (χ1n) is 9.14. The van der Waals surface area contributed by atoms with Crippen LogP contribution in [0.2, 0.25) is 0 Å². The van der Waals surface area contributed by atoms with Gasteiger partial charge in [-0.15, -0.1) is 0 Å². The maximum Gasteiger partial charge on any atom is 0.416 e. The molecule has 2 rings (SSSR count). The number of anilines is 2. The Bertz CT molecular complexity index is 1040. The van der Waals surface area contributed by atoms with Crippen molar-refractivity contribution in [2.24, 2.45) is 0 Å². The summed E-state index contributed by atoms with van der Waals surface area (Å²) in [6.07, 6.45) is -2.59. The molecule has 0 atom stereocenters. The molecular formula is C21H18F3N3O4S. The van der Waals surface area contributed by atoms with Crippen LogP contribution < -0.4 is 16.0 Å². The normalized spacial score (nSPS) is 11.0. The second kappa shape index (κ2) is 11.0. The van der Waals surface area contributed by atoms with E-state index in [9.17, 15) is 27.6 Å². The Kier molecular flexibility index (Phi) is 8.47. The molecule has 0 fully saturated rings. The molecule has 0 saturated heterocycles. The van der Waals surface area contributed by atoms with Crippen molar-refractivity contribution in [1.82, 2.24) is 5.32 Å². The molecule has 0 saturated carbocycles. The van der Waals surface area contributed by atoms with Crippen LogP contribution in [0.4, 0.5) is 24.5 Å². The fourth-order valence-corrected chi connectivity index (χ4v) is 2.55. The van der Waals surface area contributed by atoms with Crippen molar-refractivity contribution < 1.29 is 32.3 Å². The van der Waals surface area contributed by atoms with Crippen LogP contribution in [-0.2, 0) is 20.5 Å². The molecule has 0 aliphatic heterocycles. The average molecular weight is 465 g/mol. The number of hydrogen-bond donors (Lipinski definition) is 3. The summed E-state index contributed by atoms with van der Waals surface area (Å²) in [5.41, 5.74) is -0.227. The van der Waals surface area contributed by atoms with Crippen LogP contribution in [0.1, 0.15) is 22.8 Å². The fourth-order valence-electron chi connectivity index (χ4n) is 2.33. The third-order valence-electron chi connectivity index (χ3n) is 3.75. The van der Waals surface area contributed by atoms with Gasteiger partial charge in [-0.1, -0.05) is 6.07 Å². The fraction of sp³-hybridized carbons (Fsp3) is 0.143. The van der Waals surface area contributed by atoms with Gasteiger partial charge in [-0.25, -0.2) is 4.79 Å². The molecule has 0 aromatic heterocycles. The van der Waals surface area contributed by atoms with E-state index in [0.29, 0.717) is 5.69 Å². The number of ether oxygens (including phenoxy) is 1. The van der Waals surface area contributed by atoms with Gasteiger partial charge in [0, 0.05) is 29.1 Å². The smallest absolute Gasteiger partial charge is 0.416 e. The zero-order valence-electron chi connectivity index (χ0n) is 16.7. The summed E-state index contributed by atoms with van der Waals surface area (Å²) in [6.45, 7) is 1.81. The molecule has 2 amide bonds. The summed E-state index contributed by atoms with van der Waals surface area (Å²) in [6, 6.07) is 10.1. The van der Waals surface area contributed by atoms with E-state index in [0.717, 1.165) is 24.3 Å². The number of thiocarbonyl (C=S) groups is 1. The van der Waals surface area contributed by atoms with Gasteiger partial charge in [-0.05, 0) is 61.6 Å². The zero-order chi connectivity index (χ0) is 23.7. The minimum atomic E-state index is -4.52. The van der Waals surface area contributed by atoms with Gasteiger partial charge in [0.15, 0.2) is 5.11 Å². The zero-order valence-corrected chi connectivity index (χ0v) is 17.5. The number of amides is 2. The van der Waals surface area contributed by atoms with E-state index < -0.39 is 29.5 Å². The van der Waals surface area contributed by atoms with Gasteiger partial charge in [0.25, 0.3) is 5.91 Å². The van der Waals surface area contributed by atoms with Crippen LogP contribution in [0.3, 0.4) is 0 Å². The SMILES string of the molecule is CCOC(=O)/C=C/C(=O)NC(=S)Nc1ccc(C(=O)Nc2cccc(C(F)(F)F)c2)cc1. The number of benzene rings is 2. The molecule has 0 aliphatic rings. The van der Waals surface area contributed by atoms with Crippen molar-refractivity contribution >= 4 is 46.5 Å². The summed E-state index contributed by atoms with van der Waals surface area (Å²) in [4.78, 5) is 35.2. The van der Waals surface area contributed by atoms with E-state index in [1.807, 2.05) is 0 Å². The molecule has 3 N–H and O–H groups in total. The van der Waals surface area contributed by atoms with Crippen LogP contribution in [0.5, 0.6) is 0 Å². The lowest BCUT2D eigenvalue weighted by atomic mass is 10.1. The van der Waals surface area contributed by atoms with Gasteiger partial charge in [-0.3, -0.25) is 14.9 Å². The molecule has 0 bridgehead atoms. The predicted molar refractivity (Wildman–Crippen MR) is 116 cm³/mol. The van der Waals surface area contributed by atoms with Crippen molar-refractivity contribution in [3.8, 4) is 0 Å². The Labute approximate surface area is 186 Å². The highest BCUT2D eigenvalue weighted by Gasteiger charge is 2.30. The summed E-state index contributed by atoms with van der Waals surface area (Å²) in [5.74, 6) is -1.91. The number of esters is 1. The van der Waals surface area contributed by atoms with Crippen LogP contribution in [0.15, 0.2) is 60.7 Å². The van der Waals surface area contributed by atoms with Gasteiger partial charge in [0.2, 0.25) is 5.91 Å². The molecule has 0 aliphatic carbocycles. The topological polar surface area (TPSA) is 96.5 Å². The molecule has 0 unspecified atom stereocenters. The molecular weight excluding hydrogens is 447 g/mol. The minimum Gasteiger partial charge on any atom is -0.463 e. The van der Waals surface area contributed by atoms with E-state index in [2.05, 4.69) is 20.7 Å². The van der Waals surface area contributed by atoms with Gasteiger partial charge in [0.1, 0.15) is 0 Å². The van der Waals surface area contributed by atoms with Crippen LogP contribution in [0.25, 0.3) is 0 Å². The van der Waals surface area contributed by atoms with E-state index in [-0.39, 0.29) is 23.0 Å². The molecule has 0 heterocycles. The molecule has 32 heavy (non-hydrogen) atoms. The van der Waals surface area contributed by atoms with Crippen molar-refractivity contribution in [2.75, 3.05) is 17.2 Å². The van der Waals surface area contributed by atoms with Gasteiger partial charge in [0.05, 0.1) is 12.2 Å². The van der Waals surface area contributed by atoms with E-state index >= 15 is 0 Å². The molecule has 2 aromatic carbocycles. The van der Waals surface area contributed by atoms with Gasteiger partial charge in [-0.2, -0.15) is 13.2 Å². The molecule has 11 heteroatoms. The highest BCUT2D eigenvalue weighted by molar-refractivity contribution is 7.80. The molecule has 7 nitrogen and oxygen atoms in total. The number of carbonyl (C=O) groups is 3. The molecule has 0 radical (unpaired) electrons. The van der Waals surface area contributed by atoms with Crippen molar-refractivity contribution in [2.45, 2.75) is 13.1 Å². The highest BCUT2D eigenvalue weighted by Crippen LogP contribution is 2.30. The van der Waals surface area contributed by atoms with Gasteiger partial charge >= 0.3 is 12.1 Å². The second-order valence-corrected chi connectivity index (χ2v) is 6.55. The Morgan fingerprint density at radius 1 is 1.00 bits per heavy atom. The lowest BCUT2D eigenvalue weighted by Gasteiger charge is -2.11. The lowest BCUT2D eigenvalue weighted by molar-refractivity contribution is -0.138. The number of carbonyl (C=O) groups excluding carboxylic acids is 3. The van der Waals surface area contributed by atoms with Gasteiger partial charge < -0.3 is 15.4 Å². The molecule has 0 spiro atoms. The largest absolute Gasteiger partial charge is 0.463 e. The third-order valence-corrected chi connectivity index (χ3v) is 3.95. The van der Waals surface area contributed by atoms with Crippen LogP contribution in [0, 0.1) is 0 Å². The van der Waals surface area contributed by atoms with Crippen LogP contribution in [-0.4, -0.2) is 29.5 Å². The predicted octanol–water partition coefficient (Wildman–Crippen LogP) is 3.89. The first-order chi connectivity index (χ1) is 15.1. The standard InChI is InChI=1S/C21H18F3N3O4S/c1-2-31-18(29)11-10-17(28)27-20(32)26-15-8-6-13(7-9-15)19(30)25-16-5-3-4-14(12-16)21(22,23)24/h3-12H,2H2,1H3,(H,25,30)(H2,26,27,28,32)/b11-10+. The Morgan fingerprint density at radius 3 is 2.31 bits per heavy atom. The van der Waals surface area contributed by atoms with E-state index in [1.54, 1.807) is 6.92 Å². The second-order valence-electron chi connectivity index (χ2n) is 6.14. The lowest BCUT2D eigenvalue weighted by Crippen LogP contribution is -2.33. The Hall–Kier alpha value is -3.73. The van der Waals surface area contributed by atoms with E-state index in [1.165, 1.54) is 36.4 Å². The van der Waals surface area contributed by atoms with E-state index in [4.69, 9.17) is 12.2 Å². The van der Waals surface area contributed by atoms with Crippen molar-refractivity contribution in [1.29, 1.82) is 0 Å². The van der Waals surface area contributed by atoms with Crippen molar-refractivity contribution in [3.05, 3.63) is 71.8 Å². The molecule has 168 valence electrons. The number of alkyl halides is 3. The minimum absolute atomic E-state index is 0.00629. The number of halogens is 3. The number of hydrogen-bond acceptors (Lipinski definition) is 5. The summed E-state index contributed by atoms with van der Waals surface area (Å²) < 4.78 is 43.0. The highest BCUT2D eigenvalue weighted by atomic mass is 32.1. The van der Waals surface area contributed by atoms with Crippen molar-refractivity contribution in [3.63, 3.8) is 0 Å². The quantitative estimate of drug-likeness (QED) is 0.340. The Morgan fingerprint density at radius 2 is 1.69 bits per heavy atom. The Balaban J connectivity index is 1.92. The maximum absolute atomic E-state index is 12.8. The summed E-state index contributed by atoms with van der Waals surface area (Å²) in [5, 5.41) is 7.40.